The summed E-state index contributed by atoms with van der Waals surface area (Å²) in [6.07, 6.45) is 13.1. The lowest BCUT2D eigenvalue weighted by Gasteiger charge is -2.45. The number of hydrogen-bond donors (Lipinski definition) is 1. The smallest absolute Gasteiger partial charge is 0.0252 e. The standard InChI is InChI=1S/C18H34N2/c1-4-5-11-20-14-17(12-15(2)3)19-13-18(20)16-9-7-6-8-10-16/h4-5,15-19H,6-14H2,1-3H3/b5-4+. The predicted molar refractivity (Wildman–Crippen MR) is 88.0 cm³/mol. The summed E-state index contributed by atoms with van der Waals surface area (Å²) in [7, 11) is 0. The summed E-state index contributed by atoms with van der Waals surface area (Å²) < 4.78 is 0. The van der Waals surface area contributed by atoms with Crippen molar-refractivity contribution in [2.24, 2.45) is 11.8 Å². The first-order valence-corrected chi connectivity index (χ1v) is 8.79. The van der Waals surface area contributed by atoms with E-state index in [-0.39, 0.29) is 0 Å². The average molecular weight is 278 g/mol. The van der Waals surface area contributed by atoms with Crippen LogP contribution < -0.4 is 5.32 Å². The molecule has 1 heterocycles. The molecule has 0 bridgehead atoms. The fourth-order valence-electron chi connectivity index (χ4n) is 4.06. The van der Waals surface area contributed by atoms with Gasteiger partial charge in [0, 0.05) is 31.7 Å². The van der Waals surface area contributed by atoms with E-state index in [0.717, 1.165) is 24.4 Å². The van der Waals surface area contributed by atoms with E-state index in [0.29, 0.717) is 6.04 Å². The van der Waals surface area contributed by atoms with Crippen LogP contribution in [0.5, 0.6) is 0 Å². The monoisotopic (exact) mass is 278 g/mol. The summed E-state index contributed by atoms with van der Waals surface area (Å²) in [5, 5.41) is 3.84. The Bertz CT molecular complexity index is 292. The van der Waals surface area contributed by atoms with Crippen molar-refractivity contribution in [3.8, 4) is 0 Å². The van der Waals surface area contributed by atoms with Gasteiger partial charge in [0.05, 0.1) is 0 Å². The lowest BCUT2D eigenvalue weighted by molar-refractivity contribution is 0.0774. The van der Waals surface area contributed by atoms with Crippen molar-refractivity contribution >= 4 is 0 Å². The van der Waals surface area contributed by atoms with E-state index in [1.807, 2.05) is 0 Å². The fourth-order valence-corrected chi connectivity index (χ4v) is 4.06. The highest BCUT2D eigenvalue weighted by atomic mass is 15.2. The molecule has 2 atom stereocenters. The van der Waals surface area contributed by atoms with E-state index in [2.05, 4.69) is 43.1 Å². The molecule has 0 amide bonds. The highest BCUT2D eigenvalue weighted by Crippen LogP contribution is 2.30. The molecule has 1 saturated carbocycles. The third-order valence-corrected chi connectivity index (χ3v) is 5.07. The van der Waals surface area contributed by atoms with Gasteiger partial charge in [0.25, 0.3) is 0 Å². The lowest BCUT2D eigenvalue weighted by atomic mass is 9.82. The SMILES string of the molecule is C/C=C/CN1CC(CC(C)C)NCC1C1CCCCC1. The topological polar surface area (TPSA) is 15.3 Å². The van der Waals surface area contributed by atoms with Crippen molar-refractivity contribution in [2.75, 3.05) is 19.6 Å². The molecule has 1 saturated heterocycles. The second-order valence-electron chi connectivity index (χ2n) is 7.22. The summed E-state index contributed by atoms with van der Waals surface area (Å²) in [6.45, 7) is 10.4. The van der Waals surface area contributed by atoms with Gasteiger partial charge in [-0.3, -0.25) is 4.90 Å². The first-order chi connectivity index (χ1) is 9.70. The maximum absolute atomic E-state index is 3.84. The van der Waals surface area contributed by atoms with Crippen LogP contribution in [-0.2, 0) is 0 Å². The van der Waals surface area contributed by atoms with Gasteiger partial charge in [-0.25, -0.2) is 0 Å². The molecular weight excluding hydrogens is 244 g/mol. The van der Waals surface area contributed by atoms with Crippen molar-refractivity contribution < 1.29 is 0 Å². The zero-order valence-corrected chi connectivity index (χ0v) is 13.8. The van der Waals surface area contributed by atoms with Crippen LogP contribution in [-0.4, -0.2) is 36.6 Å². The molecule has 1 aliphatic carbocycles. The number of nitrogens with zero attached hydrogens (tertiary/aromatic N) is 1. The minimum absolute atomic E-state index is 0.695. The van der Waals surface area contributed by atoms with Crippen LogP contribution in [0.1, 0.15) is 59.3 Å². The van der Waals surface area contributed by atoms with Crippen molar-refractivity contribution in [1.29, 1.82) is 0 Å². The van der Waals surface area contributed by atoms with Gasteiger partial charge in [-0.05, 0) is 38.0 Å². The Morgan fingerprint density at radius 3 is 2.60 bits per heavy atom. The Balaban J connectivity index is 1.95. The van der Waals surface area contributed by atoms with E-state index in [1.165, 1.54) is 51.6 Å². The Kier molecular flexibility index (Phi) is 6.57. The molecule has 1 aliphatic heterocycles. The van der Waals surface area contributed by atoms with Crippen LogP contribution in [0.4, 0.5) is 0 Å². The van der Waals surface area contributed by atoms with Gasteiger partial charge in [-0.15, -0.1) is 0 Å². The van der Waals surface area contributed by atoms with Gasteiger partial charge in [0.2, 0.25) is 0 Å². The summed E-state index contributed by atoms with van der Waals surface area (Å²) in [5.41, 5.74) is 0. The molecule has 2 rings (SSSR count). The van der Waals surface area contributed by atoms with Gasteiger partial charge in [0.15, 0.2) is 0 Å². The Morgan fingerprint density at radius 2 is 1.95 bits per heavy atom. The van der Waals surface area contributed by atoms with Crippen LogP contribution >= 0.6 is 0 Å². The van der Waals surface area contributed by atoms with Gasteiger partial charge in [-0.2, -0.15) is 0 Å². The molecule has 0 aromatic heterocycles. The Labute approximate surface area is 126 Å². The minimum Gasteiger partial charge on any atom is -0.311 e. The molecule has 2 fully saturated rings. The van der Waals surface area contributed by atoms with E-state index < -0.39 is 0 Å². The van der Waals surface area contributed by atoms with Gasteiger partial charge in [-0.1, -0.05) is 45.3 Å². The largest absolute Gasteiger partial charge is 0.311 e. The molecule has 20 heavy (non-hydrogen) atoms. The average Bonchev–Trinajstić information content (AvgIpc) is 2.45. The first-order valence-electron chi connectivity index (χ1n) is 8.79. The fraction of sp³-hybridized carbons (Fsp3) is 0.889. The number of rotatable bonds is 5. The molecule has 116 valence electrons. The van der Waals surface area contributed by atoms with Crippen molar-refractivity contribution in [3.63, 3.8) is 0 Å². The normalized spacial score (nSPS) is 30.4. The van der Waals surface area contributed by atoms with Gasteiger partial charge >= 0.3 is 0 Å². The van der Waals surface area contributed by atoms with Crippen LogP contribution in [0.2, 0.25) is 0 Å². The van der Waals surface area contributed by atoms with Crippen molar-refractivity contribution in [1.82, 2.24) is 10.2 Å². The van der Waals surface area contributed by atoms with E-state index in [1.54, 1.807) is 0 Å². The molecule has 0 aromatic carbocycles. The van der Waals surface area contributed by atoms with Crippen LogP contribution in [0.15, 0.2) is 12.2 Å². The highest BCUT2D eigenvalue weighted by molar-refractivity contribution is 4.94. The second-order valence-corrected chi connectivity index (χ2v) is 7.22. The number of nitrogens with one attached hydrogen (secondary N) is 1. The van der Waals surface area contributed by atoms with Crippen molar-refractivity contribution in [3.05, 3.63) is 12.2 Å². The van der Waals surface area contributed by atoms with Gasteiger partial charge < -0.3 is 5.32 Å². The van der Waals surface area contributed by atoms with E-state index in [9.17, 15) is 0 Å². The summed E-state index contributed by atoms with van der Waals surface area (Å²) >= 11 is 0. The molecule has 2 aliphatic rings. The molecule has 0 spiro atoms. The van der Waals surface area contributed by atoms with E-state index >= 15 is 0 Å². The third kappa shape index (κ3) is 4.60. The summed E-state index contributed by atoms with van der Waals surface area (Å²) in [6, 6.07) is 1.47. The number of hydrogen-bond acceptors (Lipinski definition) is 2. The van der Waals surface area contributed by atoms with E-state index in [4.69, 9.17) is 0 Å². The molecule has 2 heteroatoms. The molecule has 1 N–H and O–H groups in total. The highest BCUT2D eigenvalue weighted by Gasteiger charge is 2.33. The summed E-state index contributed by atoms with van der Waals surface area (Å²) in [4.78, 5) is 2.76. The molecular formula is C18H34N2. The molecule has 2 nitrogen and oxygen atoms in total. The quantitative estimate of drug-likeness (QED) is 0.769. The zero-order chi connectivity index (χ0) is 14.4. The van der Waals surface area contributed by atoms with Crippen molar-refractivity contribution in [2.45, 2.75) is 71.4 Å². The third-order valence-electron chi connectivity index (χ3n) is 5.07. The maximum atomic E-state index is 3.84. The second kappa shape index (κ2) is 8.19. The number of allylic oxidation sites excluding steroid dienone is 1. The molecule has 2 unspecified atom stereocenters. The maximum Gasteiger partial charge on any atom is 0.0252 e. The van der Waals surface area contributed by atoms with Crippen LogP contribution in [0.25, 0.3) is 0 Å². The van der Waals surface area contributed by atoms with Gasteiger partial charge in [0.1, 0.15) is 0 Å². The molecule has 0 radical (unpaired) electrons. The Morgan fingerprint density at radius 1 is 1.20 bits per heavy atom. The van der Waals surface area contributed by atoms with Crippen LogP contribution in [0.3, 0.4) is 0 Å². The minimum atomic E-state index is 0.695. The molecule has 0 aromatic rings. The Hall–Kier alpha value is -0.340. The summed E-state index contributed by atoms with van der Waals surface area (Å²) in [5.74, 6) is 1.73. The zero-order valence-electron chi connectivity index (χ0n) is 13.8. The van der Waals surface area contributed by atoms with Crippen LogP contribution in [0, 0.1) is 11.8 Å². The lowest BCUT2D eigenvalue weighted by Crippen LogP contribution is -2.59. The first kappa shape index (κ1) is 16.0. The predicted octanol–water partition coefficient (Wildman–Crippen LogP) is 3.83. The number of piperazine rings is 1.